The van der Waals surface area contributed by atoms with Crippen LogP contribution in [0.4, 0.5) is 11.4 Å². The van der Waals surface area contributed by atoms with E-state index in [2.05, 4.69) is 10.6 Å². The summed E-state index contributed by atoms with van der Waals surface area (Å²) in [7, 11) is 6.26. The normalized spacial score (nSPS) is 10.0. The number of carbonyl (C=O) groups is 2. The zero-order chi connectivity index (χ0) is 19.1. The first-order chi connectivity index (χ1) is 12.5. The van der Waals surface area contributed by atoms with Gasteiger partial charge in [-0.1, -0.05) is 18.2 Å². The zero-order valence-corrected chi connectivity index (χ0v) is 15.3. The SMILES string of the molecule is COc1cc(NC(=O)CNc2ccccc2)c(C(=O)N(C)C)cc1OC. The number of rotatable bonds is 7. The molecule has 0 heterocycles. The van der Waals surface area contributed by atoms with E-state index in [-0.39, 0.29) is 18.4 Å². The minimum atomic E-state index is -0.283. The van der Waals surface area contributed by atoms with Crippen LogP contribution in [-0.4, -0.2) is 51.6 Å². The van der Waals surface area contributed by atoms with Crippen LogP contribution in [0.15, 0.2) is 42.5 Å². The van der Waals surface area contributed by atoms with Crippen LogP contribution in [0.25, 0.3) is 0 Å². The summed E-state index contributed by atoms with van der Waals surface area (Å²) in [5, 5.41) is 5.78. The number of benzene rings is 2. The fraction of sp³-hybridized carbons (Fsp3) is 0.263. The Labute approximate surface area is 152 Å². The molecule has 2 aromatic carbocycles. The number of ether oxygens (including phenoxy) is 2. The highest BCUT2D eigenvalue weighted by Gasteiger charge is 2.19. The maximum atomic E-state index is 12.5. The van der Waals surface area contributed by atoms with E-state index in [0.717, 1.165) is 5.69 Å². The number of anilines is 2. The van der Waals surface area contributed by atoms with Gasteiger partial charge in [0.15, 0.2) is 11.5 Å². The molecule has 0 unspecified atom stereocenters. The molecule has 26 heavy (non-hydrogen) atoms. The first kappa shape index (κ1) is 19.1. The number of methoxy groups -OCH3 is 2. The Balaban J connectivity index is 2.22. The van der Waals surface area contributed by atoms with E-state index in [9.17, 15) is 9.59 Å². The summed E-state index contributed by atoms with van der Waals surface area (Å²) in [5.41, 5.74) is 1.52. The summed E-state index contributed by atoms with van der Waals surface area (Å²) in [4.78, 5) is 26.2. The Morgan fingerprint density at radius 2 is 1.62 bits per heavy atom. The van der Waals surface area contributed by atoms with Crippen molar-refractivity contribution >= 4 is 23.2 Å². The van der Waals surface area contributed by atoms with E-state index >= 15 is 0 Å². The average Bonchev–Trinajstić information content (AvgIpc) is 2.66. The zero-order valence-electron chi connectivity index (χ0n) is 15.3. The molecule has 2 amide bonds. The maximum Gasteiger partial charge on any atom is 0.255 e. The standard InChI is InChI=1S/C19H23N3O4/c1-22(2)19(24)14-10-16(25-3)17(26-4)11-15(14)21-18(23)12-20-13-8-6-5-7-9-13/h5-11,20H,12H2,1-4H3,(H,21,23). The van der Waals surface area contributed by atoms with Crippen LogP contribution >= 0.6 is 0 Å². The van der Waals surface area contributed by atoms with E-state index in [4.69, 9.17) is 9.47 Å². The van der Waals surface area contributed by atoms with Gasteiger partial charge >= 0.3 is 0 Å². The molecule has 0 saturated heterocycles. The Kier molecular flexibility index (Phi) is 6.43. The highest BCUT2D eigenvalue weighted by atomic mass is 16.5. The van der Waals surface area contributed by atoms with E-state index in [1.165, 1.54) is 19.1 Å². The van der Waals surface area contributed by atoms with Gasteiger partial charge in [-0.05, 0) is 18.2 Å². The topological polar surface area (TPSA) is 79.9 Å². The fourth-order valence-corrected chi connectivity index (χ4v) is 2.33. The van der Waals surface area contributed by atoms with E-state index in [0.29, 0.717) is 22.7 Å². The third-order valence-corrected chi connectivity index (χ3v) is 3.66. The van der Waals surface area contributed by atoms with Crippen molar-refractivity contribution < 1.29 is 19.1 Å². The number of carbonyl (C=O) groups excluding carboxylic acids is 2. The molecule has 0 saturated carbocycles. The lowest BCUT2D eigenvalue weighted by atomic mass is 10.1. The van der Waals surface area contributed by atoms with Crippen molar-refractivity contribution in [1.82, 2.24) is 4.90 Å². The molecule has 0 atom stereocenters. The number of nitrogens with one attached hydrogen (secondary N) is 2. The highest BCUT2D eigenvalue weighted by molar-refractivity contribution is 6.05. The minimum absolute atomic E-state index is 0.0634. The molecule has 2 N–H and O–H groups in total. The van der Waals surface area contributed by atoms with Crippen molar-refractivity contribution in [3.63, 3.8) is 0 Å². The molecule has 0 spiro atoms. The Bertz CT molecular complexity index is 776. The maximum absolute atomic E-state index is 12.5. The number of hydrogen-bond donors (Lipinski definition) is 2. The number of nitrogens with zero attached hydrogens (tertiary/aromatic N) is 1. The van der Waals surface area contributed by atoms with Gasteiger partial charge in [-0.2, -0.15) is 0 Å². The summed E-state index contributed by atoms with van der Waals surface area (Å²) in [6.07, 6.45) is 0. The largest absolute Gasteiger partial charge is 0.493 e. The second-order valence-electron chi connectivity index (χ2n) is 5.72. The smallest absolute Gasteiger partial charge is 0.255 e. The van der Waals surface area contributed by atoms with Gasteiger partial charge in [-0.3, -0.25) is 9.59 Å². The molecule has 0 bridgehead atoms. The van der Waals surface area contributed by atoms with E-state index < -0.39 is 0 Å². The van der Waals surface area contributed by atoms with Crippen LogP contribution < -0.4 is 20.1 Å². The Morgan fingerprint density at radius 3 is 2.19 bits per heavy atom. The first-order valence-corrected chi connectivity index (χ1v) is 8.02. The summed E-state index contributed by atoms with van der Waals surface area (Å²) in [6, 6.07) is 12.5. The third-order valence-electron chi connectivity index (χ3n) is 3.66. The van der Waals surface area contributed by atoms with Crippen LogP contribution in [0.5, 0.6) is 11.5 Å². The van der Waals surface area contributed by atoms with Gasteiger partial charge in [-0.25, -0.2) is 0 Å². The molecule has 2 aromatic rings. The van der Waals surface area contributed by atoms with E-state index in [1.54, 1.807) is 26.2 Å². The molecule has 7 nitrogen and oxygen atoms in total. The predicted octanol–water partition coefficient (Wildman–Crippen LogP) is 2.46. The van der Waals surface area contributed by atoms with Crippen molar-refractivity contribution in [2.24, 2.45) is 0 Å². The van der Waals surface area contributed by atoms with Gasteiger partial charge < -0.3 is 25.0 Å². The summed E-state index contributed by atoms with van der Waals surface area (Å²) < 4.78 is 10.5. The molecule has 0 aliphatic rings. The predicted molar refractivity (Wildman–Crippen MR) is 101 cm³/mol. The second kappa shape index (κ2) is 8.75. The first-order valence-electron chi connectivity index (χ1n) is 8.02. The van der Waals surface area contributed by atoms with Gasteiger partial charge in [0, 0.05) is 25.8 Å². The number of hydrogen-bond acceptors (Lipinski definition) is 5. The lowest BCUT2D eigenvalue weighted by Gasteiger charge is -2.18. The van der Waals surface area contributed by atoms with E-state index in [1.807, 2.05) is 30.3 Å². The van der Waals surface area contributed by atoms with Crippen molar-refractivity contribution in [2.45, 2.75) is 0 Å². The fourth-order valence-electron chi connectivity index (χ4n) is 2.33. The quantitative estimate of drug-likeness (QED) is 0.796. The molecule has 0 aliphatic heterocycles. The molecule has 0 aliphatic carbocycles. The molecule has 0 fully saturated rings. The summed E-state index contributed by atoms with van der Waals surface area (Å²) >= 11 is 0. The van der Waals surface area contributed by atoms with Crippen molar-refractivity contribution in [1.29, 1.82) is 0 Å². The van der Waals surface area contributed by atoms with Crippen LogP contribution in [0.1, 0.15) is 10.4 Å². The molecule has 7 heteroatoms. The van der Waals surface area contributed by atoms with Crippen LogP contribution in [0.3, 0.4) is 0 Å². The van der Waals surface area contributed by atoms with Crippen molar-refractivity contribution in [3.8, 4) is 11.5 Å². The van der Waals surface area contributed by atoms with Gasteiger partial charge in [0.1, 0.15) is 0 Å². The molecular weight excluding hydrogens is 334 g/mol. The number of para-hydroxylation sites is 1. The lowest BCUT2D eigenvalue weighted by molar-refractivity contribution is -0.114. The average molecular weight is 357 g/mol. The minimum Gasteiger partial charge on any atom is -0.493 e. The molecular formula is C19H23N3O4. The van der Waals surface area contributed by atoms with Crippen LogP contribution in [-0.2, 0) is 4.79 Å². The third kappa shape index (κ3) is 4.66. The molecule has 0 aromatic heterocycles. The molecule has 0 radical (unpaired) electrons. The Hall–Kier alpha value is -3.22. The van der Waals surface area contributed by atoms with Crippen LogP contribution in [0.2, 0.25) is 0 Å². The van der Waals surface area contributed by atoms with Crippen LogP contribution in [0, 0.1) is 0 Å². The van der Waals surface area contributed by atoms with Gasteiger partial charge in [0.25, 0.3) is 5.91 Å². The molecule has 138 valence electrons. The van der Waals surface area contributed by atoms with Crippen molar-refractivity contribution in [3.05, 3.63) is 48.0 Å². The van der Waals surface area contributed by atoms with Gasteiger partial charge in [0.05, 0.1) is 32.0 Å². The van der Waals surface area contributed by atoms with Gasteiger partial charge in [0.2, 0.25) is 5.91 Å². The number of amides is 2. The monoisotopic (exact) mass is 357 g/mol. The van der Waals surface area contributed by atoms with Gasteiger partial charge in [-0.15, -0.1) is 0 Å². The summed E-state index contributed by atoms with van der Waals surface area (Å²) in [6.45, 7) is 0.0634. The lowest BCUT2D eigenvalue weighted by Crippen LogP contribution is -2.26. The highest BCUT2D eigenvalue weighted by Crippen LogP contribution is 2.33. The van der Waals surface area contributed by atoms with Crippen molar-refractivity contribution in [2.75, 3.05) is 45.5 Å². The summed E-state index contributed by atoms with van der Waals surface area (Å²) in [5.74, 6) is 0.304. The second-order valence-corrected chi connectivity index (χ2v) is 5.72. The molecule has 2 rings (SSSR count). The Morgan fingerprint density at radius 1 is 1.00 bits per heavy atom.